The van der Waals surface area contributed by atoms with Crippen LogP contribution in [0.25, 0.3) is 0 Å². The molecule has 1 amide bonds. The molecule has 1 spiro atoms. The molecule has 0 saturated carbocycles. The van der Waals surface area contributed by atoms with Gasteiger partial charge in [0.05, 0.1) is 4.08 Å². The van der Waals surface area contributed by atoms with Gasteiger partial charge in [0.15, 0.2) is 5.76 Å². The lowest BCUT2D eigenvalue weighted by molar-refractivity contribution is 0.0634. The minimum Gasteiger partial charge on any atom is -0.455 e. The zero-order valence-corrected chi connectivity index (χ0v) is 16.0. The maximum absolute atomic E-state index is 12.8. The quantitative estimate of drug-likeness (QED) is 0.866. The monoisotopic (exact) mass is 367 g/mol. The number of nitrogens with zero attached hydrogens (tertiary/aromatic N) is 2. The summed E-state index contributed by atoms with van der Waals surface area (Å²) in [6, 6.07) is 0. The molecule has 3 heterocycles. The summed E-state index contributed by atoms with van der Waals surface area (Å²) in [4.78, 5) is 15.0. The zero-order valence-electron chi connectivity index (χ0n) is 14.4. The molecule has 1 aliphatic carbocycles. The van der Waals surface area contributed by atoms with Gasteiger partial charge < -0.3 is 9.32 Å². The van der Waals surface area contributed by atoms with Crippen LogP contribution in [0.2, 0.25) is 0 Å². The van der Waals surface area contributed by atoms with Crippen molar-refractivity contribution in [3.63, 3.8) is 0 Å². The smallest absolute Gasteiger partial charge is 0.301 e. The molecule has 2 fully saturated rings. The van der Waals surface area contributed by atoms with Crippen molar-refractivity contribution in [3.8, 4) is 0 Å². The van der Waals surface area contributed by atoms with Crippen LogP contribution in [0.3, 0.4) is 0 Å². The molecular weight excluding hydrogens is 342 g/mol. The van der Waals surface area contributed by atoms with Crippen molar-refractivity contribution >= 4 is 29.4 Å². The Morgan fingerprint density at radius 2 is 1.92 bits per heavy atom. The molecule has 1 aromatic rings. The van der Waals surface area contributed by atoms with Gasteiger partial charge in [0.2, 0.25) is 0 Å². The van der Waals surface area contributed by atoms with Crippen LogP contribution < -0.4 is 5.43 Å². The summed E-state index contributed by atoms with van der Waals surface area (Å²) in [7, 11) is 2.11. The fraction of sp³-hybridized carbons (Fsp3) is 0.706. The van der Waals surface area contributed by atoms with Gasteiger partial charge in [-0.3, -0.25) is 10.2 Å². The Labute approximate surface area is 151 Å². The number of hydrazine groups is 1. The first-order valence-electron chi connectivity index (χ1n) is 8.74. The van der Waals surface area contributed by atoms with E-state index < -0.39 is 0 Å². The van der Waals surface area contributed by atoms with Crippen LogP contribution in [-0.2, 0) is 10.5 Å². The number of amides is 1. The summed E-state index contributed by atoms with van der Waals surface area (Å²) in [6.07, 6.45) is 3.30. The lowest BCUT2D eigenvalue weighted by atomic mass is 9.94. The second kappa shape index (κ2) is 6.59. The molecule has 2 saturated heterocycles. The maximum Gasteiger partial charge on any atom is 0.301 e. The van der Waals surface area contributed by atoms with Crippen molar-refractivity contribution < 1.29 is 9.21 Å². The molecule has 1 N–H and O–H groups in total. The average molecular weight is 368 g/mol. The van der Waals surface area contributed by atoms with Gasteiger partial charge in [0.25, 0.3) is 0 Å². The van der Waals surface area contributed by atoms with E-state index >= 15 is 0 Å². The van der Waals surface area contributed by atoms with Crippen LogP contribution in [0.5, 0.6) is 0 Å². The van der Waals surface area contributed by atoms with E-state index in [1.54, 1.807) is 0 Å². The fourth-order valence-electron chi connectivity index (χ4n) is 3.93. The highest BCUT2D eigenvalue weighted by molar-refractivity contribution is 8.20. The van der Waals surface area contributed by atoms with Gasteiger partial charge >= 0.3 is 5.91 Å². The van der Waals surface area contributed by atoms with E-state index in [2.05, 4.69) is 24.3 Å². The van der Waals surface area contributed by atoms with E-state index in [0.29, 0.717) is 5.76 Å². The Kier molecular flexibility index (Phi) is 4.62. The Bertz CT molecular complexity index is 632. The van der Waals surface area contributed by atoms with E-state index in [0.717, 1.165) is 50.3 Å². The zero-order chi connectivity index (χ0) is 16.7. The van der Waals surface area contributed by atoms with Crippen molar-refractivity contribution in [3.05, 3.63) is 22.6 Å². The first-order valence-corrected chi connectivity index (χ1v) is 10.7. The summed E-state index contributed by atoms with van der Waals surface area (Å²) >= 11 is 4.08. The van der Waals surface area contributed by atoms with Crippen molar-refractivity contribution in [2.24, 2.45) is 0 Å². The summed E-state index contributed by atoms with van der Waals surface area (Å²) in [5.41, 5.74) is 5.41. The van der Waals surface area contributed by atoms with Gasteiger partial charge in [-0.25, -0.2) is 5.01 Å². The number of fused-ring (bicyclic) bond motifs is 2. The van der Waals surface area contributed by atoms with E-state index in [-0.39, 0.29) is 9.99 Å². The fourth-order valence-corrected chi connectivity index (χ4v) is 7.49. The number of thioether (sulfide) groups is 2. The highest BCUT2D eigenvalue weighted by atomic mass is 32.2. The molecular formula is C17H25N3O2S2. The number of likely N-dealkylation sites (N-methyl/N-ethyl adjacent to an activating group) is 1. The van der Waals surface area contributed by atoms with Crippen molar-refractivity contribution in [2.45, 2.75) is 30.3 Å². The number of carbonyl (C=O) groups excluding carboxylic acids is 1. The number of piperazine rings is 1. The Balaban J connectivity index is 1.56. The first-order chi connectivity index (χ1) is 11.6. The first kappa shape index (κ1) is 16.8. The van der Waals surface area contributed by atoms with Crippen LogP contribution in [0.1, 0.15) is 40.3 Å². The van der Waals surface area contributed by atoms with Crippen LogP contribution in [0.4, 0.5) is 0 Å². The number of hydrogen-bond acceptors (Lipinski definition) is 6. The molecule has 3 aliphatic rings. The number of furan rings is 1. The number of carbonyl (C=O) groups is 1. The molecule has 132 valence electrons. The predicted octanol–water partition coefficient (Wildman–Crippen LogP) is 2.45. The summed E-state index contributed by atoms with van der Waals surface area (Å²) < 4.78 is 6.20. The number of hydrogen-bond donors (Lipinski definition) is 1. The molecule has 0 atom stereocenters. The van der Waals surface area contributed by atoms with Gasteiger partial charge in [0, 0.05) is 55.2 Å². The van der Waals surface area contributed by atoms with Crippen LogP contribution in [0.15, 0.2) is 4.42 Å². The van der Waals surface area contributed by atoms with Crippen LogP contribution in [0, 0.1) is 6.92 Å². The average Bonchev–Trinajstić information content (AvgIpc) is 3.16. The highest BCUT2D eigenvalue weighted by Crippen LogP contribution is 2.59. The van der Waals surface area contributed by atoms with Crippen molar-refractivity contribution in [1.82, 2.24) is 15.3 Å². The lowest BCUT2D eigenvalue weighted by Gasteiger charge is -2.32. The van der Waals surface area contributed by atoms with Crippen LogP contribution in [-0.4, -0.2) is 60.5 Å². The number of aryl methyl sites for hydroxylation is 1. The minimum atomic E-state index is -0.0883. The van der Waals surface area contributed by atoms with Gasteiger partial charge in [0.1, 0.15) is 5.76 Å². The van der Waals surface area contributed by atoms with Gasteiger partial charge in [-0.2, -0.15) is 0 Å². The summed E-state index contributed by atoms with van der Waals surface area (Å²) in [6.45, 7) is 5.73. The van der Waals surface area contributed by atoms with Crippen molar-refractivity contribution in [2.75, 3.05) is 44.7 Å². The molecule has 5 nitrogen and oxygen atoms in total. The Morgan fingerprint density at radius 3 is 2.62 bits per heavy atom. The Morgan fingerprint density at radius 1 is 1.21 bits per heavy atom. The normalized spacial score (nSPS) is 24.2. The SMILES string of the molecule is Cc1c(C(=O)NN2CCN(C)CC2)oc2c1C1(CCC2)SCCS1. The largest absolute Gasteiger partial charge is 0.455 e. The summed E-state index contributed by atoms with van der Waals surface area (Å²) in [5, 5.41) is 2.01. The molecule has 7 heteroatoms. The van der Waals surface area contributed by atoms with Gasteiger partial charge in [-0.05, 0) is 26.8 Å². The van der Waals surface area contributed by atoms with Gasteiger partial charge in [-0.1, -0.05) is 0 Å². The third kappa shape index (κ3) is 2.89. The minimum absolute atomic E-state index is 0.0883. The molecule has 1 aromatic heterocycles. The number of rotatable bonds is 2. The van der Waals surface area contributed by atoms with E-state index in [9.17, 15) is 4.79 Å². The lowest BCUT2D eigenvalue weighted by Crippen LogP contribution is -2.52. The standard InChI is InChI=1S/C17H25N3O2S2/c1-12-14-13(4-3-5-17(14)23-10-11-24-17)22-15(12)16(21)18-20-8-6-19(2)7-9-20/h3-11H2,1-2H3,(H,18,21). The van der Waals surface area contributed by atoms with Crippen LogP contribution >= 0.6 is 23.5 Å². The molecule has 2 aliphatic heterocycles. The second-order valence-electron chi connectivity index (χ2n) is 6.89. The molecule has 0 bridgehead atoms. The molecule has 0 radical (unpaired) electrons. The van der Waals surface area contributed by atoms with Crippen molar-refractivity contribution in [1.29, 1.82) is 0 Å². The summed E-state index contributed by atoms with van der Waals surface area (Å²) in [5.74, 6) is 3.86. The maximum atomic E-state index is 12.8. The molecule has 4 rings (SSSR count). The Hall–Kier alpha value is -0.630. The van der Waals surface area contributed by atoms with E-state index in [1.165, 1.54) is 23.5 Å². The number of nitrogens with one attached hydrogen (secondary N) is 1. The van der Waals surface area contributed by atoms with E-state index in [1.807, 2.05) is 28.5 Å². The molecule has 24 heavy (non-hydrogen) atoms. The molecule has 0 unspecified atom stereocenters. The highest BCUT2D eigenvalue weighted by Gasteiger charge is 2.45. The predicted molar refractivity (Wildman–Crippen MR) is 99.5 cm³/mol. The third-order valence-corrected chi connectivity index (χ3v) is 8.76. The second-order valence-corrected chi connectivity index (χ2v) is 9.94. The van der Waals surface area contributed by atoms with E-state index in [4.69, 9.17) is 4.42 Å². The topological polar surface area (TPSA) is 48.7 Å². The van der Waals surface area contributed by atoms with Gasteiger partial charge in [-0.15, -0.1) is 23.5 Å². The third-order valence-electron chi connectivity index (χ3n) is 5.23. The molecule has 0 aromatic carbocycles.